The number of ether oxygens (including phenoxy) is 1. The molecule has 98 valence electrons. The van der Waals surface area contributed by atoms with Crippen LogP contribution in [0.3, 0.4) is 0 Å². The highest BCUT2D eigenvalue weighted by molar-refractivity contribution is 5.36. The number of aryl methyl sites for hydroxylation is 2. The third kappa shape index (κ3) is 3.12. The third-order valence-electron chi connectivity index (χ3n) is 3.73. The Labute approximate surface area is 109 Å². The van der Waals surface area contributed by atoms with Crippen molar-refractivity contribution in [3.05, 3.63) is 39.5 Å². The quantitative estimate of drug-likeness (QED) is 0.758. The Morgan fingerprint density at radius 2 is 1.44 bits per heavy atom. The average molecular weight is 246 g/mol. The van der Waals surface area contributed by atoms with Crippen LogP contribution in [0.4, 0.5) is 0 Å². The van der Waals surface area contributed by atoms with Gasteiger partial charge in [0.2, 0.25) is 5.43 Å². The van der Waals surface area contributed by atoms with E-state index < -0.39 is 0 Å². The predicted molar refractivity (Wildman–Crippen MR) is 74.4 cm³/mol. The molecule has 0 spiro atoms. The van der Waals surface area contributed by atoms with Gasteiger partial charge in [-0.1, -0.05) is 43.9 Å². The SMILES string of the molecule is COc1c2cccc(c1=O)CCCCCCCC2. The molecule has 0 aliphatic heterocycles. The van der Waals surface area contributed by atoms with Crippen LogP contribution in [-0.4, -0.2) is 7.11 Å². The summed E-state index contributed by atoms with van der Waals surface area (Å²) in [7, 11) is 1.61. The van der Waals surface area contributed by atoms with Crippen molar-refractivity contribution < 1.29 is 4.74 Å². The Morgan fingerprint density at radius 3 is 2.11 bits per heavy atom. The molecule has 0 fully saturated rings. The first kappa shape index (κ1) is 13.1. The van der Waals surface area contributed by atoms with Crippen molar-refractivity contribution in [1.29, 1.82) is 0 Å². The van der Waals surface area contributed by atoms with Gasteiger partial charge in [0.05, 0.1) is 7.11 Å². The molecule has 0 saturated carbocycles. The first-order valence-corrected chi connectivity index (χ1v) is 7.02. The van der Waals surface area contributed by atoms with E-state index in [1.54, 1.807) is 7.11 Å². The molecule has 1 aliphatic carbocycles. The van der Waals surface area contributed by atoms with Gasteiger partial charge in [-0.3, -0.25) is 4.79 Å². The number of hydrogen-bond donors (Lipinski definition) is 0. The lowest BCUT2D eigenvalue weighted by Gasteiger charge is -2.07. The zero-order chi connectivity index (χ0) is 12.8. The van der Waals surface area contributed by atoms with Gasteiger partial charge in [0.15, 0.2) is 5.75 Å². The molecular weight excluding hydrogens is 224 g/mol. The first-order valence-electron chi connectivity index (χ1n) is 7.02. The van der Waals surface area contributed by atoms with Gasteiger partial charge >= 0.3 is 0 Å². The molecule has 0 unspecified atom stereocenters. The predicted octanol–water partition coefficient (Wildman–Crippen LogP) is 3.49. The monoisotopic (exact) mass is 246 g/mol. The standard InChI is InChI=1S/C16H22O2/c1-18-16-14-10-7-5-3-2-4-6-9-13(15(16)17)11-8-12-14/h8,11-12H,2-7,9-10H2,1H3. The molecule has 2 heteroatoms. The molecule has 0 aromatic heterocycles. The second-order valence-electron chi connectivity index (χ2n) is 5.06. The summed E-state index contributed by atoms with van der Waals surface area (Å²) in [4.78, 5) is 12.4. The summed E-state index contributed by atoms with van der Waals surface area (Å²) in [6, 6.07) is 6.01. The zero-order valence-electron chi connectivity index (χ0n) is 11.2. The van der Waals surface area contributed by atoms with Crippen LogP contribution in [0.2, 0.25) is 0 Å². The Hall–Kier alpha value is -1.31. The molecule has 0 radical (unpaired) electrons. The van der Waals surface area contributed by atoms with Crippen molar-refractivity contribution in [1.82, 2.24) is 0 Å². The van der Waals surface area contributed by atoms with Crippen LogP contribution in [0.25, 0.3) is 0 Å². The molecule has 18 heavy (non-hydrogen) atoms. The Balaban J connectivity index is 2.43. The van der Waals surface area contributed by atoms with E-state index in [2.05, 4.69) is 0 Å². The van der Waals surface area contributed by atoms with Gasteiger partial charge in [-0.15, -0.1) is 0 Å². The molecule has 0 N–H and O–H groups in total. The highest BCUT2D eigenvalue weighted by Gasteiger charge is 2.10. The maximum Gasteiger partial charge on any atom is 0.223 e. The summed E-state index contributed by atoms with van der Waals surface area (Å²) in [6.07, 6.45) is 9.18. The van der Waals surface area contributed by atoms with Crippen molar-refractivity contribution in [3.63, 3.8) is 0 Å². The van der Waals surface area contributed by atoms with Gasteiger partial charge in [0.25, 0.3) is 0 Å². The highest BCUT2D eigenvalue weighted by Crippen LogP contribution is 2.19. The molecule has 1 aromatic carbocycles. The van der Waals surface area contributed by atoms with Gasteiger partial charge in [0.1, 0.15) is 0 Å². The summed E-state index contributed by atoms with van der Waals surface area (Å²) in [5, 5.41) is 0. The van der Waals surface area contributed by atoms with Gasteiger partial charge in [-0.2, -0.15) is 0 Å². The van der Waals surface area contributed by atoms with Crippen LogP contribution in [0.1, 0.15) is 49.7 Å². The van der Waals surface area contributed by atoms with Crippen molar-refractivity contribution in [3.8, 4) is 5.75 Å². The minimum Gasteiger partial charge on any atom is -0.492 e. The molecule has 1 aliphatic rings. The van der Waals surface area contributed by atoms with Crippen LogP contribution < -0.4 is 10.2 Å². The van der Waals surface area contributed by atoms with E-state index >= 15 is 0 Å². The van der Waals surface area contributed by atoms with Crippen molar-refractivity contribution in [2.24, 2.45) is 0 Å². The molecule has 0 saturated heterocycles. The van der Waals surface area contributed by atoms with Gasteiger partial charge in [-0.05, 0) is 31.2 Å². The van der Waals surface area contributed by atoms with Crippen LogP contribution >= 0.6 is 0 Å². The molecule has 2 nitrogen and oxygen atoms in total. The van der Waals surface area contributed by atoms with Crippen LogP contribution in [0.5, 0.6) is 5.75 Å². The number of fused-ring (bicyclic) bond motifs is 3. The van der Waals surface area contributed by atoms with Crippen LogP contribution in [0, 0.1) is 0 Å². The lowest BCUT2D eigenvalue weighted by molar-refractivity contribution is 0.404. The Morgan fingerprint density at radius 1 is 0.889 bits per heavy atom. The van der Waals surface area contributed by atoms with E-state index in [1.807, 2.05) is 18.2 Å². The third-order valence-corrected chi connectivity index (χ3v) is 3.73. The van der Waals surface area contributed by atoms with Gasteiger partial charge < -0.3 is 4.74 Å². The van der Waals surface area contributed by atoms with E-state index in [0.717, 1.165) is 36.8 Å². The van der Waals surface area contributed by atoms with Crippen molar-refractivity contribution in [2.45, 2.75) is 51.4 Å². The molecular formula is C16H22O2. The summed E-state index contributed by atoms with van der Waals surface area (Å²) >= 11 is 0. The summed E-state index contributed by atoms with van der Waals surface area (Å²) in [6.45, 7) is 0. The Kier molecular flexibility index (Phi) is 4.80. The summed E-state index contributed by atoms with van der Waals surface area (Å²) in [5.74, 6) is 0.565. The topological polar surface area (TPSA) is 26.3 Å². The normalized spacial score (nSPS) is 16.7. The lowest BCUT2D eigenvalue weighted by Crippen LogP contribution is -2.11. The fourth-order valence-electron chi connectivity index (χ4n) is 2.68. The van der Waals surface area contributed by atoms with Gasteiger partial charge in [-0.25, -0.2) is 0 Å². The zero-order valence-corrected chi connectivity index (χ0v) is 11.2. The molecule has 0 atom stereocenters. The minimum absolute atomic E-state index is 0.0954. The molecule has 2 bridgehead atoms. The molecule has 2 rings (SSSR count). The van der Waals surface area contributed by atoms with Crippen molar-refractivity contribution in [2.75, 3.05) is 7.11 Å². The number of rotatable bonds is 1. The summed E-state index contributed by atoms with van der Waals surface area (Å²) in [5.41, 5.74) is 2.06. The smallest absolute Gasteiger partial charge is 0.223 e. The van der Waals surface area contributed by atoms with E-state index in [9.17, 15) is 4.79 Å². The second kappa shape index (κ2) is 6.58. The van der Waals surface area contributed by atoms with E-state index in [0.29, 0.717) is 5.75 Å². The maximum atomic E-state index is 12.4. The Bertz CT molecular complexity index is 451. The highest BCUT2D eigenvalue weighted by atomic mass is 16.5. The molecule has 1 aromatic rings. The minimum atomic E-state index is 0.0954. The number of methoxy groups -OCH3 is 1. The lowest BCUT2D eigenvalue weighted by atomic mass is 10.0. The fourth-order valence-corrected chi connectivity index (χ4v) is 2.68. The first-order chi connectivity index (χ1) is 8.83. The second-order valence-corrected chi connectivity index (χ2v) is 5.06. The van der Waals surface area contributed by atoms with E-state index in [1.165, 1.54) is 25.7 Å². The average Bonchev–Trinajstić information content (AvgIpc) is 2.50. The van der Waals surface area contributed by atoms with Crippen LogP contribution in [0.15, 0.2) is 23.0 Å². The fraction of sp³-hybridized carbons (Fsp3) is 0.562. The maximum absolute atomic E-state index is 12.4. The van der Waals surface area contributed by atoms with Gasteiger partial charge in [0, 0.05) is 5.56 Å². The molecule has 0 heterocycles. The van der Waals surface area contributed by atoms with Crippen molar-refractivity contribution >= 4 is 0 Å². The van der Waals surface area contributed by atoms with E-state index in [4.69, 9.17) is 4.74 Å². The molecule has 0 amide bonds. The van der Waals surface area contributed by atoms with E-state index in [-0.39, 0.29) is 5.43 Å². The summed E-state index contributed by atoms with van der Waals surface area (Å²) < 4.78 is 5.36. The number of hydrogen-bond acceptors (Lipinski definition) is 2. The largest absolute Gasteiger partial charge is 0.492 e. The van der Waals surface area contributed by atoms with Crippen LogP contribution in [-0.2, 0) is 12.8 Å².